The van der Waals surface area contributed by atoms with Gasteiger partial charge in [-0.3, -0.25) is 9.59 Å². The molecule has 0 saturated carbocycles. The molecule has 2 amide bonds. The number of anilines is 2. The van der Waals surface area contributed by atoms with Crippen LogP contribution in [-0.4, -0.2) is 26.6 Å². The average molecular weight is 370 g/mol. The van der Waals surface area contributed by atoms with Crippen LogP contribution < -0.4 is 10.6 Å². The molecule has 0 spiro atoms. The van der Waals surface area contributed by atoms with Crippen LogP contribution >= 0.6 is 11.6 Å². The minimum absolute atomic E-state index is 0.219. The molecule has 132 valence electrons. The Morgan fingerprint density at radius 2 is 1.69 bits per heavy atom. The summed E-state index contributed by atoms with van der Waals surface area (Å²) in [5.74, 6) is -0.518. The third-order valence-electron chi connectivity index (χ3n) is 3.74. The zero-order valence-electron chi connectivity index (χ0n) is 13.9. The van der Waals surface area contributed by atoms with Crippen LogP contribution in [0.2, 0.25) is 5.02 Å². The second-order valence-electron chi connectivity index (χ2n) is 5.55. The van der Waals surface area contributed by atoms with Crippen molar-refractivity contribution in [2.45, 2.75) is 13.0 Å². The van der Waals surface area contributed by atoms with Gasteiger partial charge in [0.25, 0.3) is 5.91 Å². The van der Waals surface area contributed by atoms with Crippen LogP contribution in [0.4, 0.5) is 11.4 Å². The van der Waals surface area contributed by atoms with Crippen LogP contribution in [0.5, 0.6) is 0 Å². The molecule has 0 aliphatic heterocycles. The van der Waals surface area contributed by atoms with Crippen molar-refractivity contribution in [2.75, 3.05) is 10.6 Å². The summed E-state index contributed by atoms with van der Waals surface area (Å²) in [7, 11) is 0. The summed E-state index contributed by atoms with van der Waals surface area (Å²) in [5, 5.41) is 9.89. The zero-order chi connectivity index (χ0) is 18.5. The zero-order valence-corrected chi connectivity index (χ0v) is 14.6. The molecule has 0 bridgehead atoms. The minimum atomic E-state index is -0.489. The van der Waals surface area contributed by atoms with Crippen molar-refractivity contribution in [1.82, 2.24) is 14.8 Å². The van der Waals surface area contributed by atoms with Crippen LogP contribution in [0.15, 0.2) is 61.2 Å². The molecule has 7 nitrogen and oxygen atoms in total. The summed E-state index contributed by atoms with van der Waals surface area (Å²) in [4.78, 5) is 28.3. The Morgan fingerprint density at radius 3 is 2.31 bits per heavy atom. The molecule has 2 aromatic carbocycles. The first-order chi connectivity index (χ1) is 12.5. The largest absolute Gasteiger partial charge is 0.324 e. The van der Waals surface area contributed by atoms with E-state index in [2.05, 4.69) is 20.7 Å². The van der Waals surface area contributed by atoms with Crippen molar-refractivity contribution >= 4 is 34.8 Å². The van der Waals surface area contributed by atoms with Gasteiger partial charge in [0, 0.05) is 11.4 Å². The van der Waals surface area contributed by atoms with Gasteiger partial charge in [-0.05, 0) is 43.3 Å². The molecular formula is C18H16ClN5O2. The molecule has 0 fully saturated rings. The molecule has 8 heteroatoms. The highest BCUT2D eigenvalue weighted by atomic mass is 35.5. The normalized spacial score (nSPS) is 11.6. The topological polar surface area (TPSA) is 88.9 Å². The Hall–Kier alpha value is -3.19. The lowest BCUT2D eigenvalue weighted by Gasteiger charge is -2.12. The summed E-state index contributed by atoms with van der Waals surface area (Å²) in [6, 6.07) is 13.1. The van der Waals surface area contributed by atoms with E-state index in [1.807, 2.05) is 0 Å². The number of amides is 2. The predicted molar refractivity (Wildman–Crippen MR) is 99.2 cm³/mol. The van der Waals surface area contributed by atoms with Gasteiger partial charge < -0.3 is 10.6 Å². The summed E-state index contributed by atoms with van der Waals surface area (Å²) in [5.41, 5.74) is 1.60. The fraction of sp³-hybridized carbons (Fsp3) is 0.111. The van der Waals surface area contributed by atoms with Crippen molar-refractivity contribution in [3.63, 3.8) is 0 Å². The quantitative estimate of drug-likeness (QED) is 0.721. The van der Waals surface area contributed by atoms with Crippen molar-refractivity contribution in [3.05, 3.63) is 71.8 Å². The fourth-order valence-corrected chi connectivity index (χ4v) is 2.49. The molecule has 0 radical (unpaired) electrons. The van der Waals surface area contributed by atoms with Gasteiger partial charge in [0.05, 0.1) is 10.6 Å². The molecular weight excluding hydrogens is 354 g/mol. The maximum absolute atomic E-state index is 12.2. The molecule has 26 heavy (non-hydrogen) atoms. The summed E-state index contributed by atoms with van der Waals surface area (Å²) in [6.45, 7) is 1.72. The third-order valence-corrected chi connectivity index (χ3v) is 4.07. The van der Waals surface area contributed by atoms with E-state index >= 15 is 0 Å². The standard InChI is InChI=1S/C18H16ClN5O2/c1-12(24-11-20-10-21-24)17(25)22-13-6-8-14(9-7-13)23-18(26)15-4-2-3-5-16(15)19/h2-12H,1H3,(H,22,25)(H,23,26). The van der Waals surface area contributed by atoms with E-state index in [1.54, 1.807) is 55.5 Å². The molecule has 2 N–H and O–H groups in total. The minimum Gasteiger partial charge on any atom is -0.324 e. The SMILES string of the molecule is CC(C(=O)Nc1ccc(NC(=O)c2ccccc2Cl)cc1)n1cncn1. The van der Waals surface area contributed by atoms with Crippen molar-refractivity contribution in [3.8, 4) is 0 Å². The molecule has 0 aliphatic rings. The van der Waals surface area contributed by atoms with Gasteiger partial charge in [-0.1, -0.05) is 23.7 Å². The van der Waals surface area contributed by atoms with Crippen LogP contribution in [0, 0.1) is 0 Å². The number of halogens is 1. The lowest BCUT2D eigenvalue weighted by Crippen LogP contribution is -2.24. The third kappa shape index (κ3) is 4.07. The smallest absolute Gasteiger partial charge is 0.257 e. The Morgan fingerprint density at radius 1 is 1.04 bits per heavy atom. The maximum atomic E-state index is 12.2. The number of carbonyl (C=O) groups is 2. The van der Waals surface area contributed by atoms with E-state index in [0.717, 1.165) is 0 Å². The molecule has 1 unspecified atom stereocenters. The number of hydrogen-bond donors (Lipinski definition) is 2. The second-order valence-corrected chi connectivity index (χ2v) is 5.96. The Labute approximate surface area is 155 Å². The molecule has 1 aromatic heterocycles. The van der Waals surface area contributed by atoms with E-state index < -0.39 is 6.04 Å². The van der Waals surface area contributed by atoms with Gasteiger partial charge in [0.15, 0.2) is 0 Å². The van der Waals surface area contributed by atoms with Crippen molar-refractivity contribution in [1.29, 1.82) is 0 Å². The number of rotatable bonds is 5. The van der Waals surface area contributed by atoms with Gasteiger partial charge in [0.2, 0.25) is 5.91 Å². The van der Waals surface area contributed by atoms with Crippen LogP contribution in [0.1, 0.15) is 23.3 Å². The lowest BCUT2D eigenvalue weighted by atomic mass is 10.2. The number of benzene rings is 2. The number of nitrogens with zero attached hydrogens (tertiary/aromatic N) is 3. The molecule has 0 saturated heterocycles. The number of nitrogens with one attached hydrogen (secondary N) is 2. The molecule has 3 rings (SSSR count). The van der Waals surface area contributed by atoms with E-state index in [0.29, 0.717) is 22.0 Å². The monoisotopic (exact) mass is 369 g/mol. The van der Waals surface area contributed by atoms with Gasteiger partial charge in [-0.2, -0.15) is 5.10 Å². The van der Waals surface area contributed by atoms with Crippen LogP contribution in [0.25, 0.3) is 0 Å². The number of aromatic nitrogens is 3. The van der Waals surface area contributed by atoms with E-state index in [-0.39, 0.29) is 11.8 Å². The van der Waals surface area contributed by atoms with Crippen molar-refractivity contribution in [2.24, 2.45) is 0 Å². The predicted octanol–water partition coefficient (Wildman–Crippen LogP) is 3.38. The summed E-state index contributed by atoms with van der Waals surface area (Å²) >= 11 is 6.02. The second kappa shape index (κ2) is 7.79. The summed E-state index contributed by atoms with van der Waals surface area (Å²) < 4.78 is 1.47. The van der Waals surface area contributed by atoms with Crippen LogP contribution in [-0.2, 0) is 4.79 Å². The fourth-order valence-electron chi connectivity index (χ4n) is 2.26. The first kappa shape index (κ1) is 17.6. The highest BCUT2D eigenvalue weighted by Gasteiger charge is 2.15. The molecule has 3 aromatic rings. The maximum Gasteiger partial charge on any atom is 0.257 e. The number of carbonyl (C=O) groups excluding carboxylic acids is 2. The highest BCUT2D eigenvalue weighted by molar-refractivity contribution is 6.34. The first-order valence-corrected chi connectivity index (χ1v) is 8.23. The van der Waals surface area contributed by atoms with E-state index in [9.17, 15) is 9.59 Å². The Bertz CT molecular complexity index is 910. The molecule has 1 atom stereocenters. The average Bonchev–Trinajstić information content (AvgIpc) is 3.17. The Balaban J connectivity index is 1.62. The van der Waals surface area contributed by atoms with Crippen LogP contribution in [0.3, 0.4) is 0 Å². The van der Waals surface area contributed by atoms with Gasteiger partial charge in [-0.25, -0.2) is 9.67 Å². The number of hydrogen-bond acceptors (Lipinski definition) is 4. The Kier molecular flexibility index (Phi) is 5.28. The van der Waals surface area contributed by atoms with Gasteiger partial charge in [-0.15, -0.1) is 0 Å². The van der Waals surface area contributed by atoms with Gasteiger partial charge >= 0.3 is 0 Å². The summed E-state index contributed by atoms with van der Waals surface area (Å²) in [6.07, 6.45) is 2.86. The van der Waals surface area contributed by atoms with Gasteiger partial charge in [0.1, 0.15) is 18.7 Å². The highest BCUT2D eigenvalue weighted by Crippen LogP contribution is 2.19. The molecule has 1 heterocycles. The van der Waals surface area contributed by atoms with E-state index in [4.69, 9.17) is 11.6 Å². The molecule has 0 aliphatic carbocycles. The first-order valence-electron chi connectivity index (χ1n) is 7.85. The lowest BCUT2D eigenvalue weighted by molar-refractivity contribution is -0.119. The van der Waals surface area contributed by atoms with Crippen molar-refractivity contribution < 1.29 is 9.59 Å². The van der Waals surface area contributed by atoms with E-state index in [1.165, 1.54) is 17.3 Å².